The summed E-state index contributed by atoms with van der Waals surface area (Å²) >= 11 is 0. The van der Waals surface area contributed by atoms with Crippen molar-refractivity contribution in [1.29, 1.82) is 0 Å². The van der Waals surface area contributed by atoms with E-state index in [4.69, 9.17) is 0 Å². The molecule has 0 N–H and O–H groups in total. The predicted molar refractivity (Wildman–Crippen MR) is 21.7 cm³/mol. The molecule has 0 aromatic rings. The molecule has 1 atom stereocenters. The molecule has 0 aromatic carbocycles. The molecule has 0 aliphatic carbocycles. The maximum absolute atomic E-state index is 9.74. The molecule has 0 saturated carbocycles. The Morgan fingerprint density at radius 1 is 1.83 bits per heavy atom. The molecule has 0 fully saturated rings. The second kappa shape index (κ2) is 6.06. The van der Waals surface area contributed by atoms with E-state index in [9.17, 15) is 4.57 Å². The summed E-state index contributed by atoms with van der Waals surface area (Å²) in [6.07, 6.45) is 0. The first-order valence-corrected chi connectivity index (χ1v) is 2.85. The van der Waals surface area contributed by atoms with Crippen LogP contribution in [0.1, 0.15) is 1.43 Å². The van der Waals surface area contributed by atoms with Crippen LogP contribution < -0.4 is 29.6 Å². The van der Waals surface area contributed by atoms with Gasteiger partial charge in [-0.1, -0.05) is 0 Å². The molecule has 0 radical (unpaired) electrons. The summed E-state index contributed by atoms with van der Waals surface area (Å²) in [5.74, 6) is 0. The van der Waals surface area contributed by atoms with Crippen molar-refractivity contribution >= 4 is 8.03 Å². The van der Waals surface area contributed by atoms with Crippen molar-refractivity contribution in [3.63, 3.8) is 0 Å². The third kappa shape index (κ3) is 8.91. The van der Waals surface area contributed by atoms with E-state index in [1.54, 1.807) is 0 Å². The molecule has 32 valence electrons. The van der Waals surface area contributed by atoms with Crippen LogP contribution in [0, 0.1) is 0 Å². The van der Waals surface area contributed by atoms with Crippen molar-refractivity contribution in [3.05, 3.63) is 0 Å². The van der Waals surface area contributed by atoms with Gasteiger partial charge in [0.25, 0.3) is 0 Å². The van der Waals surface area contributed by atoms with Crippen LogP contribution in [0.3, 0.4) is 0 Å². The Hall–Kier alpha value is 1.06. The van der Waals surface area contributed by atoms with E-state index >= 15 is 0 Å². The van der Waals surface area contributed by atoms with Crippen molar-refractivity contribution < 1.29 is 40.1 Å². The average molecular weight is 117 g/mol. The van der Waals surface area contributed by atoms with Gasteiger partial charge in [-0.3, -0.25) is 0 Å². The molecule has 0 amide bonds. The van der Waals surface area contributed by atoms with Crippen LogP contribution in [0.4, 0.5) is 0 Å². The minimum atomic E-state index is -1.35. The molecule has 2 nitrogen and oxygen atoms in total. The van der Waals surface area contributed by atoms with Gasteiger partial charge in [-0.25, -0.2) is 0 Å². The van der Waals surface area contributed by atoms with Gasteiger partial charge in [-0.15, -0.1) is 4.52 Å². The third-order valence-corrected chi connectivity index (χ3v) is 0.771. The summed E-state index contributed by atoms with van der Waals surface area (Å²) < 4.78 is 14.0. The van der Waals surface area contributed by atoms with Crippen LogP contribution in [0.2, 0.25) is 0 Å². The van der Waals surface area contributed by atoms with Crippen molar-refractivity contribution in [2.75, 3.05) is 13.8 Å². The molecule has 0 aliphatic heterocycles. The molecule has 1 unspecified atom stereocenters. The molecular weight excluding hydrogens is 110 g/mol. The van der Waals surface area contributed by atoms with E-state index in [1.165, 1.54) is 13.8 Å². The molecular formula is C2H7NaO2P+. The largest absolute Gasteiger partial charge is 1.00 e. The quantitative estimate of drug-likeness (QED) is 0.297. The SMILES string of the molecule is CO[P+](C)=O.[H-].[Na+]. The molecule has 6 heavy (non-hydrogen) atoms. The number of rotatable bonds is 1. The monoisotopic (exact) mass is 117 g/mol. The smallest absolute Gasteiger partial charge is 1.00 e. The van der Waals surface area contributed by atoms with E-state index in [-0.39, 0.29) is 31.0 Å². The Morgan fingerprint density at radius 2 is 2.00 bits per heavy atom. The Kier molecular flexibility index (Phi) is 10.2. The fraction of sp³-hybridized carbons (Fsp3) is 1.00. The normalized spacial score (nSPS) is 9.33. The van der Waals surface area contributed by atoms with Crippen LogP contribution in [0.5, 0.6) is 0 Å². The number of hydrogen-bond acceptors (Lipinski definition) is 2. The first-order chi connectivity index (χ1) is 2.27. The van der Waals surface area contributed by atoms with Crippen LogP contribution >= 0.6 is 8.03 Å². The van der Waals surface area contributed by atoms with E-state index in [0.29, 0.717) is 0 Å². The van der Waals surface area contributed by atoms with E-state index < -0.39 is 8.03 Å². The Balaban J connectivity index is -0.0000000800. The van der Waals surface area contributed by atoms with Gasteiger partial charge in [0, 0.05) is 0 Å². The topological polar surface area (TPSA) is 26.3 Å². The first kappa shape index (κ1) is 10.1. The summed E-state index contributed by atoms with van der Waals surface area (Å²) in [4.78, 5) is 0. The molecule has 0 rings (SSSR count). The van der Waals surface area contributed by atoms with E-state index in [0.717, 1.165) is 0 Å². The zero-order valence-corrected chi connectivity index (χ0v) is 7.16. The second-order valence-corrected chi connectivity index (χ2v) is 1.87. The van der Waals surface area contributed by atoms with Gasteiger partial charge in [0.1, 0.15) is 0 Å². The van der Waals surface area contributed by atoms with Crippen LogP contribution in [0.15, 0.2) is 0 Å². The Morgan fingerprint density at radius 3 is 2.00 bits per heavy atom. The fourth-order valence-electron chi connectivity index (χ4n) is 0. The summed E-state index contributed by atoms with van der Waals surface area (Å²) in [5, 5.41) is 0. The second-order valence-electron chi connectivity index (χ2n) is 0.622. The molecule has 0 aliphatic rings. The predicted octanol–water partition coefficient (Wildman–Crippen LogP) is -1.88. The maximum atomic E-state index is 9.74. The minimum absolute atomic E-state index is 0. The summed E-state index contributed by atoms with van der Waals surface area (Å²) in [5.41, 5.74) is 0. The van der Waals surface area contributed by atoms with Crippen molar-refractivity contribution in [2.24, 2.45) is 0 Å². The van der Waals surface area contributed by atoms with Crippen molar-refractivity contribution in [2.45, 2.75) is 0 Å². The zero-order valence-electron chi connectivity index (χ0n) is 5.26. The molecule has 0 aromatic heterocycles. The average Bonchev–Trinajstić information content (AvgIpc) is 1.38. The van der Waals surface area contributed by atoms with Crippen LogP contribution in [0.25, 0.3) is 0 Å². The van der Waals surface area contributed by atoms with Gasteiger partial charge in [0.2, 0.25) is 0 Å². The fourth-order valence-corrected chi connectivity index (χ4v) is 0. The molecule has 0 bridgehead atoms. The summed E-state index contributed by atoms with van der Waals surface area (Å²) in [7, 11) is 0.0671. The molecule has 0 saturated heterocycles. The standard InChI is InChI=1S/C2H6O2P.Na.H/c1-4-5(2)3;;/h1-2H3;;/q2*+1;-1. The van der Waals surface area contributed by atoms with Gasteiger partial charge < -0.3 is 1.43 Å². The van der Waals surface area contributed by atoms with Gasteiger partial charge in [-0.2, -0.15) is 0 Å². The third-order valence-electron chi connectivity index (χ3n) is 0.257. The van der Waals surface area contributed by atoms with Gasteiger partial charge in [0.05, 0.1) is 7.11 Å². The van der Waals surface area contributed by atoms with Gasteiger partial charge in [-0.05, 0) is 4.57 Å². The molecule has 0 spiro atoms. The van der Waals surface area contributed by atoms with E-state index in [2.05, 4.69) is 4.52 Å². The Bertz CT molecular complexity index is 51.0. The van der Waals surface area contributed by atoms with Gasteiger partial charge >= 0.3 is 37.6 Å². The van der Waals surface area contributed by atoms with Crippen LogP contribution in [-0.4, -0.2) is 13.8 Å². The first-order valence-electron chi connectivity index (χ1n) is 1.22. The molecule has 0 heterocycles. The number of hydrogen-bond donors (Lipinski definition) is 0. The summed E-state index contributed by atoms with van der Waals surface area (Å²) in [6, 6.07) is 0. The zero-order chi connectivity index (χ0) is 4.28. The minimum Gasteiger partial charge on any atom is -1.00 e. The van der Waals surface area contributed by atoms with Gasteiger partial charge in [0.15, 0.2) is 6.66 Å². The van der Waals surface area contributed by atoms with E-state index in [1.807, 2.05) is 0 Å². The molecule has 4 heteroatoms. The maximum Gasteiger partial charge on any atom is 1.00 e. The summed E-state index contributed by atoms with van der Waals surface area (Å²) in [6.45, 7) is 1.51. The Labute approximate surface area is 61.9 Å². The van der Waals surface area contributed by atoms with Crippen LogP contribution in [-0.2, 0) is 9.09 Å². The van der Waals surface area contributed by atoms with Crippen molar-refractivity contribution in [3.8, 4) is 0 Å². The van der Waals surface area contributed by atoms with Crippen molar-refractivity contribution in [1.82, 2.24) is 0 Å².